The van der Waals surface area contributed by atoms with E-state index in [2.05, 4.69) is 27.3 Å². The largest absolute Gasteiger partial charge is 0.357 e. The normalized spacial score (nSPS) is 14.6. The molecule has 1 aliphatic heterocycles. The minimum atomic E-state index is -0.427. The number of halogens is 1. The summed E-state index contributed by atoms with van der Waals surface area (Å²) in [7, 11) is 0. The first-order valence-corrected chi connectivity index (χ1v) is 12.8. The third-order valence-corrected chi connectivity index (χ3v) is 7.11. The van der Waals surface area contributed by atoms with Crippen molar-refractivity contribution in [1.82, 2.24) is 19.7 Å². The van der Waals surface area contributed by atoms with Crippen molar-refractivity contribution in [3.05, 3.63) is 101 Å². The third kappa shape index (κ3) is 5.14. The van der Waals surface area contributed by atoms with Crippen LogP contribution in [0.4, 0.5) is 15.1 Å². The summed E-state index contributed by atoms with van der Waals surface area (Å²) in [6, 6.07) is 11.3. The maximum Gasteiger partial charge on any atom is 0.277 e. The Labute approximate surface area is 222 Å². The highest BCUT2D eigenvalue weighted by Crippen LogP contribution is 2.33. The van der Waals surface area contributed by atoms with E-state index in [1.165, 1.54) is 23.5 Å². The van der Waals surface area contributed by atoms with Crippen LogP contribution in [0.5, 0.6) is 0 Å². The lowest BCUT2D eigenvalue weighted by molar-refractivity contribution is -0.111. The average Bonchev–Trinajstić information content (AvgIpc) is 3.66. The fourth-order valence-corrected chi connectivity index (χ4v) is 5.31. The third-order valence-electron chi connectivity index (χ3n) is 6.27. The highest BCUT2D eigenvalue weighted by molar-refractivity contribution is 7.14. The van der Waals surface area contributed by atoms with Crippen LogP contribution < -0.4 is 10.6 Å². The van der Waals surface area contributed by atoms with Gasteiger partial charge in [0, 0.05) is 35.3 Å². The van der Waals surface area contributed by atoms with Gasteiger partial charge in [-0.1, -0.05) is 25.6 Å². The van der Waals surface area contributed by atoms with Crippen molar-refractivity contribution in [3.63, 3.8) is 0 Å². The number of hydrogen-bond donors (Lipinski definition) is 3. The molecule has 1 aliphatic rings. The predicted molar refractivity (Wildman–Crippen MR) is 143 cm³/mol. The second kappa shape index (κ2) is 10.5. The van der Waals surface area contributed by atoms with E-state index in [1.807, 2.05) is 6.92 Å². The van der Waals surface area contributed by atoms with Gasteiger partial charge in [0.05, 0.1) is 23.8 Å². The Bertz CT molecular complexity index is 1510. The molecule has 38 heavy (non-hydrogen) atoms. The quantitative estimate of drug-likeness (QED) is 0.302. The van der Waals surface area contributed by atoms with Crippen molar-refractivity contribution in [2.75, 3.05) is 17.2 Å². The molecule has 0 radical (unpaired) electrons. The van der Waals surface area contributed by atoms with Crippen LogP contribution >= 0.6 is 11.3 Å². The average molecular weight is 533 g/mol. The molecule has 0 fully saturated rings. The first-order valence-electron chi connectivity index (χ1n) is 11.9. The number of fused-ring (bicyclic) bond motifs is 1. The summed E-state index contributed by atoms with van der Waals surface area (Å²) in [6.07, 6.45) is 2.86. The molecule has 0 spiro atoms. The first kappa shape index (κ1) is 25.2. The summed E-state index contributed by atoms with van der Waals surface area (Å²) in [5.41, 5.74) is 3.58. The van der Waals surface area contributed by atoms with Gasteiger partial charge < -0.3 is 20.5 Å². The van der Waals surface area contributed by atoms with Crippen LogP contribution in [-0.2, 0) is 17.9 Å². The van der Waals surface area contributed by atoms with Crippen LogP contribution in [0.3, 0.4) is 0 Å². The number of carbonyl (C=O) groups is 3. The number of aromatic amines is 1. The molecular formula is C27H25FN6O3S. The van der Waals surface area contributed by atoms with Gasteiger partial charge in [-0.15, -0.1) is 11.3 Å². The molecule has 5 rings (SSSR count). The van der Waals surface area contributed by atoms with E-state index in [-0.39, 0.29) is 35.8 Å². The molecule has 3 aromatic heterocycles. The van der Waals surface area contributed by atoms with Gasteiger partial charge in [-0.3, -0.25) is 19.1 Å². The Kier molecular flexibility index (Phi) is 6.93. The molecule has 194 valence electrons. The van der Waals surface area contributed by atoms with Gasteiger partial charge in [-0.2, -0.15) is 5.10 Å². The van der Waals surface area contributed by atoms with Crippen LogP contribution in [0.2, 0.25) is 0 Å². The van der Waals surface area contributed by atoms with Crippen LogP contribution in [0, 0.1) is 5.82 Å². The Hall–Kier alpha value is -4.51. The van der Waals surface area contributed by atoms with Gasteiger partial charge >= 0.3 is 0 Å². The van der Waals surface area contributed by atoms with E-state index in [0.29, 0.717) is 35.0 Å². The van der Waals surface area contributed by atoms with Gasteiger partial charge in [0.1, 0.15) is 11.5 Å². The van der Waals surface area contributed by atoms with Crippen molar-refractivity contribution in [2.45, 2.75) is 25.9 Å². The molecule has 0 saturated carbocycles. The van der Waals surface area contributed by atoms with E-state index < -0.39 is 5.91 Å². The number of benzene rings is 1. The second-order valence-electron chi connectivity index (χ2n) is 9.01. The number of H-pyrrole nitrogens is 1. The summed E-state index contributed by atoms with van der Waals surface area (Å²) in [6.45, 7) is 6.45. The second-order valence-corrected chi connectivity index (χ2v) is 9.93. The van der Waals surface area contributed by atoms with Crippen LogP contribution in [0.1, 0.15) is 50.6 Å². The van der Waals surface area contributed by atoms with Crippen molar-refractivity contribution >= 4 is 39.7 Å². The van der Waals surface area contributed by atoms with Gasteiger partial charge in [0.15, 0.2) is 5.69 Å². The molecule has 4 aromatic rings. The first-order chi connectivity index (χ1) is 18.3. The fraction of sp³-hybridized carbons (Fsp3) is 0.185. The summed E-state index contributed by atoms with van der Waals surface area (Å²) in [5, 5.41) is 12.4. The van der Waals surface area contributed by atoms with Crippen LogP contribution in [0.15, 0.2) is 66.7 Å². The SMILES string of the molecule is C=CC(=O)Nc1csc(NC(=O)c2nn(Cc3ccc(F)cc3)c3c2CN(C(=O)c2ccc[nH]2)C[C@H]3C)c1. The monoisotopic (exact) mass is 532 g/mol. The Morgan fingerprint density at radius 2 is 2.03 bits per heavy atom. The maximum absolute atomic E-state index is 13.5. The molecular weight excluding hydrogens is 507 g/mol. The van der Waals surface area contributed by atoms with E-state index >= 15 is 0 Å². The topological polar surface area (TPSA) is 112 Å². The molecule has 3 amide bonds. The molecule has 11 heteroatoms. The number of nitrogens with one attached hydrogen (secondary N) is 3. The number of carbonyl (C=O) groups excluding carboxylic acids is 3. The highest BCUT2D eigenvalue weighted by Gasteiger charge is 2.34. The number of nitrogens with zero attached hydrogens (tertiary/aromatic N) is 3. The van der Waals surface area contributed by atoms with Gasteiger partial charge in [-0.25, -0.2) is 4.39 Å². The lowest BCUT2D eigenvalue weighted by atomic mass is 9.95. The minimum absolute atomic E-state index is 0.102. The Morgan fingerprint density at radius 1 is 1.24 bits per heavy atom. The fourth-order valence-electron chi connectivity index (χ4n) is 4.58. The number of aromatic nitrogens is 3. The highest BCUT2D eigenvalue weighted by atomic mass is 32.1. The van der Waals surface area contributed by atoms with Crippen molar-refractivity contribution in [3.8, 4) is 0 Å². The number of hydrogen-bond acceptors (Lipinski definition) is 5. The number of anilines is 2. The summed E-state index contributed by atoms with van der Waals surface area (Å²) in [4.78, 5) is 42.8. The zero-order chi connectivity index (χ0) is 26.8. The van der Waals surface area contributed by atoms with E-state index in [9.17, 15) is 18.8 Å². The van der Waals surface area contributed by atoms with E-state index in [4.69, 9.17) is 0 Å². The van der Waals surface area contributed by atoms with Gasteiger partial charge in [0.2, 0.25) is 5.91 Å². The molecule has 0 aliphatic carbocycles. The lowest BCUT2D eigenvalue weighted by Gasteiger charge is -2.32. The molecule has 0 bridgehead atoms. The smallest absolute Gasteiger partial charge is 0.277 e. The molecule has 0 saturated heterocycles. The zero-order valence-corrected chi connectivity index (χ0v) is 21.3. The Morgan fingerprint density at radius 3 is 2.74 bits per heavy atom. The van der Waals surface area contributed by atoms with Gasteiger partial charge in [-0.05, 0) is 42.0 Å². The van der Waals surface area contributed by atoms with Gasteiger partial charge in [0.25, 0.3) is 11.8 Å². The minimum Gasteiger partial charge on any atom is -0.357 e. The molecule has 3 N–H and O–H groups in total. The van der Waals surface area contributed by atoms with Crippen LogP contribution in [-0.4, -0.2) is 43.9 Å². The van der Waals surface area contributed by atoms with E-state index in [0.717, 1.165) is 17.3 Å². The van der Waals surface area contributed by atoms with Crippen molar-refractivity contribution in [1.29, 1.82) is 0 Å². The predicted octanol–water partition coefficient (Wildman–Crippen LogP) is 4.60. The summed E-state index contributed by atoms with van der Waals surface area (Å²) in [5.74, 6) is -1.37. The number of amides is 3. The standard InChI is InChI=1S/C27H25FN6O3S/c1-3-22(35)30-19-11-23(38-15-19)31-26(36)24-20-14-33(27(37)21-5-4-10-29-21)12-16(2)25(20)34(32-24)13-17-6-8-18(28)9-7-17/h3-11,15-16,29H,1,12-14H2,2H3,(H,30,35)(H,31,36)/t16-/m1/s1. The maximum atomic E-state index is 13.5. The number of thiophene rings is 1. The number of rotatable bonds is 7. The van der Waals surface area contributed by atoms with Crippen molar-refractivity contribution in [2.24, 2.45) is 0 Å². The zero-order valence-electron chi connectivity index (χ0n) is 20.5. The molecule has 0 unspecified atom stereocenters. The van der Waals surface area contributed by atoms with Crippen LogP contribution in [0.25, 0.3) is 0 Å². The summed E-state index contributed by atoms with van der Waals surface area (Å²) >= 11 is 1.26. The lowest BCUT2D eigenvalue weighted by Crippen LogP contribution is -2.38. The van der Waals surface area contributed by atoms with E-state index in [1.54, 1.807) is 51.5 Å². The molecule has 1 aromatic carbocycles. The summed E-state index contributed by atoms with van der Waals surface area (Å²) < 4.78 is 15.2. The Balaban J connectivity index is 1.47. The van der Waals surface area contributed by atoms with Crippen molar-refractivity contribution < 1.29 is 18.8 Å². The molecule has 1 atom stereocenters. The molecule has 9 nitrogen and oxygen atoms in total. The molecule has 4 heterocycles.